The summed E-state index contributed by atoms with van der Waals surface area (Å²) in [4.78, 5) is 4.36. The summed E-state index contributed by atoms with van der Waals surface area (Å²) in [7, 11) is 1.86. The predicted molar refractivity (Wildman–Crippen MR) is 63.5 cm³/mol. The van der Waals surface area contributed by atoms with Gasteiger partial charge >= 0.3 is 0 Å². The maximum absolute atomic E-state index is 4.36. The summed E-state index contributed by atoms with van der Waals surface area (Å²) in [6, 6.07) is 15.8. The first kappa shape index (κ1) is 9.52. The number of nitrogens with one attached hydrogen (secondary N) is 2. The number of hydrogen-bond acceptors (Lipinski definition) is 3. The molecule has 0 aliphatic carbocycles. The molecule has 1 aromatic heterocycles. The van der Waals surface area contributed by atoms with Gasteiger partial charge in [-0.2, -0.15) is 0 Å². The minimum Gasteiger partial charge on any atom is -0.373 e. The fourth-order valence-corrected chi connectivity index (χ4v) is 1.31. The van der Waals surface area contributed by atoms with Crippen molar-refractivity contribution in [2.24, 2.45) is 0 Å². The van der Waals surface area contributed by atoms with E-state index in [0.717, 1.165) is 17.3 Å². The average Bonchev–Trinajstić information content (AvgIpc) is 2.31. The van der Waals surface area contributed by atoms with E-state index in [1.54, 1.807) is 0 Å². The van der Waals surface area contributed by atoms with Gasteiger partial charge in [0.25, 0.3) is 0 Å². The van der Waals surface area contributed by atoms with E-state index in [0.29, 0.717) is 0 Å². The summed E-state index contributed by atoms with van der Waals surface area (Å²) in [6.07, 6.45) is 0. The lowest BCUT2D eigenvalue weighted by atomic mass is 10.3. The highest BCUT2D eigenvalue weighted by Gasteiger charge is 1.95. The van der Waals surface area contributed by atoms with E-state index in [4.69, 9.17) is 0 Å². The monoisotopic (exact) mass is 199 g/mol. The van der Waals surface area contributed by atoms with Gasteiger partial charge in [0, 0.05) is 12.7 Å². The molecular weight excluding hydrogens is 186 g/mol. The Morgan fingerprint density at radius 3 is 2.33 bits per heavy atom. The Hall–Kier alpha value is -2.03. The van der Waals surface area contributed by atoms with Crippen LogP contribution in [-0.2, 0) is 0 Å². The maximum Gasteiger partial charge on any atom is 0.132 e. The zero-order valence-electron chi connectivity index (χ0n) is 8.57. The van der Waals surface area contributed by atoms with Crippen molar-refractivity contribution in [1.82, 2.24) is 4.98 Å². The van der Waals surface area contributed by atoms with Crippen molar-refractivity contribution in [3.63, 3.8) is 0 Å². The summed E-state index contributed by atoms with van der Waals surface area (Å²) >= 11 is 0. The predicted octanol–water partition coefficient (Wildman–Crippen LogP) is 2.87. The highest BCUT2D eigenvalue weighted by Crippen LogP contribution is 2.15. The zero-order valence-corrected chi connectivity index (χ0v) is 8.57. The zero-order chi connectivity index (χ0) is 10.5. The quantitative estimate of drug-likeness (QED) is 0.798. The van der Waals surface area contributed by atoms with Crippen LogP contribution < -0.4 is 10.6 Å². The van der Waals surface area contributed by atoms with Crippen molar-refractivity contribution in [3.05, 3.63) is 48.5 Å². The summed E-state index contributed by atoms with van der Waals surface area (Å²) in [5.74, 6) is 1.70. The Labute approximate surface area is 89.2 Å². The Morgan fingerprint density at radius 2 is 1.60 bits per heavy atom. The number of aromatic nitrogens is 1. The molecule has 0 atom stereocenters. The van der Waals surface area contributed by atoms with Crippen LogP contribution in [0, 0.1) is 0 Å². The first-order valence-corrected chi connectivity index (χ1v) is 4.85. The van der Waals surface area contributed by atoms with Crippen LogP contribution >= 0.6 is 0 Å². The lowest BCUT2D eigenvalue weighted by molar-refractivity contribution is 1.28. The summed E-state index contributed by atoms with van der Waals surface area (Å²) in [5, 5.41) is 6.23. The first-order chi connectivity index (χ1) is 7.38. The number of benzene rings is 1. The molecule has 0 spiro atoms. The smallest absolute Gasteiger partial charge is 0.132 e. The maximum atomic E-state index is 4.36. The molecule has 15 heavy (non-hydrogen) atoms. The second kappa shape index (κ2) is 4.46. The van der Waals surface area contributed by atoms with Gasteiger partial charge in [0.05, 0.1) is 0 Å². The minimum atomic E-state index is 0.841. The summed E-state index contributed by atoms with van der Waals surface area (Å²) in [5.41, 5.74) is 1.04. The summed E-state index contributed by atoms with van der Waals surface area (Å²) < 4.78 is 0. The van der Waals surface area contributed by atoms with Crippen LogP contribution in [0.3, 0.4) is 0 Å². The molecule has 1 heterocycles. The van der Waals surface area contributed by atoms with Gasteiger partial charge in [0.1, 0.15) is 11.6 Å². The molecule has 0 saturated heterocycles. The Morgan fingerprint density at radius 1 is 0.867 bits per heavy atom. The van der Waals surface area contributed by atoms with Crippen molar-refractivity contribution in [1.29, 1.82) is 0 Å². The molecule has 2 rings (SSSR count). The largest absolute Gasteiger partial charge is 0.373 e. The Kier molecular flexibility index (Phi) is 2.83. The van der Waals surface area contributed by atoms with E-state index >= 15 is 0 Å². The van der Waals surface area contributed by atoms with Crippen molar-refractivity contribution in [3.8, 4) is 0 Å². The van der Waals surface area contributed by atoms with Crippen molar-refractivity contribution < 1.29 is 0 Å². The average molecular weight is 199 g/mol. The Bertz CT molecular complexity index is 426. The lowest BCUT2D eigenvalue weighted by Gasteiger charge is -2.06. The molecule has 2 N–H and O–H groups in total. The third kappa shape index (κ3) is 2.47. The molecule has 0 radical (unpaired) electrons. The highest BCUT2D eigenvalue weighted by molar-refractivity contribution is 5.57. The fourth-order valence-electron chi connectivity index (χ4n) is 1.31. The molecule has 3 heteroatoms. The number of anilines is 3. The van der Waals surface area contributed by atoms with Crippen molar-refractivity contribution in [2.75, 3.05) is 17.7 Å². The van der Waals surface area contributed by atoms with E-state index in [-0.39, 0.29) is 0 Å². The number of pyridine rings is 1. The normalized spacial score (nSPS) is 9.67. The molecule has 0 bridgehead atoms. The van der Waals surface area contributed by atoms with Crippen LogP contribution in [0.15, 0.2) is 48.5 Å². The summed E-state index contributed by atoms with van der Waals surface area (Å²) in [6.45, 7) is 0. The molecule has 0 saturated carbocycles. The van der Waals surface area contributed by atoms with E-state index in [9.17, 15) is 0 Å². The Balaban J connectivity index is 2.17. The molecule has 3 nitrogen and oxygen atoms in total. The van der Waals surface area contributed by atoms with Crippen LogP contribution in [0.4, 0.5) is 17.3 Å². The van der Waals surface area contributed by atoms with Gasteiger partial charge in [-0.05, 0) is 24.3 Å². The molecule has 0 aliphatic heterocycles. The van der Waals surface area contributed by atoms with Crippen LogP contribution in [0.2, 0.25) is 0 Å². The van der Waals surface area contributed by atoms with E-state index in [1.807, 2.05) is 55.6 Å². The van der Waals surface area contributed by atoms with Crippen LogP contribution in [-0.4, -0.2) is 12.0 Å². The lowest BCUT2D eigenvalue weighted by Crippen LogP contribution is -1.96. The number of para-hydroxylation sites is 1. The molecular formula is C12H13N3. The molecule has 0 aliphatic rings. The standard InChI is InChI=1S/C12H13N3/c1-13-11-8-5-9-12(15-11)14-10-6-3-2-4-7-10/h2-9H,1H3,(H2,13,14,15). The molecule has 1 aromatic carbocycles. The van der Waals surface area contributed by atoms with Crippen LogP contribution in [0.5, 0.6) is 0 Å². The van der Waals surface area contributed by atoms with Crippen molar-refractivity contribution >= 4 is 17.3 Å². The topological polar surface area (TPSA) is 37.0 Å². The van der Waals surface area contributed by atoms with Gasteiger partial charge < -0.3 is 10.6 Å². The van der Waals surface area contributed by atoms with Gasteiger partial charge in [0.15, 0.2) is 0 Å². The van der Waals surface area contributed by atoms with Crippen LogP contribution in [0.25, 0.3) is 0 Å². The van der Waals surface area contributed by atoms with Crippen LogP contribution in [0.1, 0.15) is 0 Å². The molecule has 0 amide bonds. The second-order valence-electron chi connectivity index (χ2n) is 3.15. The molecule has 0 fully saturated rings. The van der Waals surface area contributed by atoms with E-state index < -0.39 is 0 Å². The number of nitrogens with zero attached hydrogens (tertiary/aromatic N) is 1. The van der Waals surface area contributed by atoms with Gasteiger partial charge in [-0.15, -0.1) is 0 Å². The molecule has 0 unspecified atom stereocenters. The minimum absolute atomic E-state index is 0.841. The van der Waals surface area contributed by atoms with E-state index in [2.05, 4.69) is 15.6 Å². The first-order valence-electron chi connectivity index (χ1n) is 4.85. The molecule has 2 aromatic rings. The number of rotatable bonds is 3. The third-order valence-electron chi connectivity index (χ3n) is 2.05. The van der Waals surface area contributed by atoms with Gasteiger partial charge in [0.2, 0.25) is 0 Å². The highest BCUT2D eigenvalue weighted by atomic mass is 15.0. The molecule has 76 valence electrons. The van der Waals surface area contributed by atoms with E-state index in [1.165, 1.54) is 0 Å². The van der Waals surface area contributed by atoms with Gasteiger partial charge in [-0.1, -0.05) is 24.3 Å². The van der Waals surface area contributed by atoms with Crippen molar-refractivity contribution in [2.45, 2.75) is 0 Å². The van der Waals surface area contributed by atoms with Gasteiger partial charge in [-0.3, -0.25) is 0 Å². The SMILES string of the molecule is CNc1cccc(Nc2ccccc2)n1. The third-order valence-corrected chi connectivity index (χ3v) is 2.05. The number of hydrogen-bond donors (Lipinski definition) is 2. The van der Waals surface area contributed by atoms with Gasteiger partial charge in [-0.25, -0.2) is 4.98 Å². The second-order valence-corrected chi connectivity index (χ2v) is 3.15. The fraction of sp³-hybridized carbons (Fsp3) is 0.0833.